The van der Waals surface area contributed by atoms with Gasteiger partial charge in [0.15, 0.2) is 0 Å². The van der Waals surface area contributed by atoms with Crippen LogP contribution >= 0.6 is 0 Å². The zero-order chi connectivity index (χ0) is 23.4. The molecule has 12 heteroatoms. The van der Waals surface area contributed by atoms with Crippen LogP contribution in [-0.4, -0.2) is 40.9 Å². The molecule has 170 valence electrons. The lowest BCUT2D eigenvalue weighted by Gasteiger charge is -2.10. The van der Waals surface area contributed by atoms with Crippen LogP contribution in [-0.2, 0) is 33.1 Å². The van der Waals surface area contributed by atoms with Crippen LogP contribution < -0.4 is 5.32 Å². The molecule has 1 heterocycles. The van der Waals surface area contributed by atoms with Crippen molar-refractivity contribution in [3.63, 3.8) is 0 Å². The van der Waals surface area contributed by atoms with Gasteiger partial charge in [0.25, 0.3) is 20.2 Å². The highest BCUT2D eigenvalue weighted by Gasteiger charge is 2.13. The number of anilines is 2. The van der Waals surface area contributed by atoms with Crippen LogP contribution in [0.4, 0.5) is 11.6 Å². The molecular formula is C20H22N4O6S2. The van der Waals surface area contributed by atoms with Gasteiger partial charge in [0, 0.05) is 18.5 Å². The van der Waals surface area contributed by atoms with E-state index in [0.29, 0.717) is 29.3 Å². The van der Waals surface area contributed by atoms with Gasteiger partial charge in [0.05, 0.1) is 9.79 Å². The minimum Gasteiger partial charge on any atom is -0.324 e. The van der Waals surface area contributed by atoms with Crippen LogP contribution in [0.2, 0.25) is 0 Å². The van der Waals surface area contributed by atoms with E-state index in [1.165, 1.54) is 42.5 Å². The molecule has 2 aromatic carbocycles. The van der Waals surface area contributed by atoms with E-state index >= 15 is 0 Å². The topological polar surface area (TPSA) is 159 Å². The largest absolute Gasteiger partial charge is 0.324 e. The molecule has 3 N–H and O–H groups in total. The number of rotatable bonds is 9. The zero-order valence-corrected chi connectivity index (χ0v) is 18.8. The molecular weight excluding hydrogens is 456 g/mol. The number of aryl methyl sites for hydroxylation is 1. The lowest BCUT2D eigenvalue weighted by atomic mass is 10.1. The molecule has 10 nitrogen and oxygen atoms in total. The van der Waals surface area contributed by atoms with Gasteiger partial charge in [0.1, 0.15) is 11.6 Å². The smallest absolute Gasteiger partial charge is 0.294 e. The Morgan fingerprint density at radius 1 is 0.844 bits per heavy atom. The number of hydrogen-bond acceptors (Lipinski definition) is 8. The second-order valence-corrected chi connectivity index (χ2v) is 9.86. The predicted molar refractivity (Wildman–Crippen MR) is 117 cm³/mol. The Labute approximate surface area is 186 Å². The SMILES string of the molecule is CCCCc1nc(Cc2cccc(S(=O)(=O)O)c2)nc(Nc2ccc(S(=O)(=O)O)cc2)n1. The molecule has 0 saturated carbocycles. The fraction of sp³-hybridized carbons (Fsp3) is 0.250. The lowest BCUT2D eigenvalue weighted by Crippen LogP contribution is -2.09. The van der Waals surface area contributed by atoms with Crippen LogP contribution in [0.25, 0.3) is 0 Å². The third-order valence-corrected chi connectivity index (χ3v) is 6.17. The highest BCUT2D eigenvalue weighted by atomic mass is 32.2. The summed E-state index contributed by atoms with van der Waals surface area (Å²) in [6, 6.07) is 11.3. The van der Waals surface area contributed by atoms with Crippen molar-refractivity contribution in [3.8, 4) is 0 Å². The molecule has 0 amide bonds. The van der Waals surface area contributed by atoms with Crippen molar-refractivity contribution in [2.24, 2.45) is 0 Å². The maximum absolute atomic E-state index is 11.4. The van der Waals surface area contributed by atoms with E-state index in [-0.39, 0.29) is 22.2 Å². The summed E-state index contributed by atoms with van der Waals surface area (Å²) in [4.78, 5) is 12.8. The maximum atomic E-state index is 11.4. The minimum atomic E-state index is -4.33. The Kier molecular flexibility index (Phi) is 7.19. The monoisotopic (exact) mass is 478 g/mol. The van der Waals surface area contributed by atoms with Crippen LogP contribution in [0.3, 0.4) is 0 Å². The van der Waals surface area contributed by atoms with E-state index in [0.717, 1.165) is 12.8 Å². The second kappa shape index (κ2) is 9.69. The summed E-state index contributed by atoms with van der Waals surface area (Å²) in [6.07, 6.45) is 2.64. The van der Waals surface area contributed by atoms with Gasteiger partial charge in [-0.3, -0.25) is 9.11 Å². The van der Waals surface area contributed by atoms with Crippen molar-refractivity contribution in [2.75, 3.05) is 5.32 Å². The average Bonchev–Trinajstić information content (AvgIpc) is 2.71. The highest BCUT2D eigenvalue weighted by molar-refractivity contribution is 7.86. The quantitative estimate of drug-likeness (QED) is 0.390. The Morgan fingerprint density at radius 3 is 2.12 bits per heavy atom. The summed E-state index contributed by atoms with van der Waals surface area (Å²) in [7, 11) is -8.62. The van der Waals surface area contributed by atoms with Crippen LogP contribution in [0.1, 0.15) is 37.0 Å². The Balaban J connectivity index is 1.90. The molecule has 0 aliphatic carbocycles. The van der Waals surface area contributed by atoms with Gasteiger partial charge >= 0.3 is 0 Å². The van der Waals surface area contributed by atoms with Gasteiger partial charge < -0.3 is 5.32 Å². The van der Waals surface area contributed by atoms with E-state index in [9.17, 15) is 21.4 Å². The molecule has 0 spiro atoms. The number of unbranched alkanes of at least 4 members (excludes halogenated alkanes) is 1. The first-order chi connectivity index (χ1) is 15.0. The molecule has 0 bridgehead atoms. The summed E-state index contributed by atoms with van der Waals surface area (Å²) in [6.45, 7) is 2.04. The third-order valence-electron chi connectivity index (χ3n) is 4.45. The molecule has 32 heavy (non-hydrogen) atoms. The lowest BCUT2D eigenvalue weighted by molar-refractivity contribution is 0.481. The number of nitrogens with zero attached hydrogens (tertiary/aromatic N) is 3. The first-order valence-corrected chi connectivity index (χ1v) is 12.6. The fourth-order valence-electron chi connectivity index (χ4n) is 2.89. The summed E-state index contributed by atoms with van der Waals surface area (Å²) in [5, 5.41) is 2.99. The van der Waals surface area contributed by atoms with Crippen molar-refractivity contribution in [3.05, 3.63) is 65.7 Å². The molecule has 0 radical (unpaired) electrons. The van der Waals surface area contributed by atoms with Crippen LogP contribution in [0.15, 0.2) is 58.3 Å². The summed E-state index contributed by atoms with van der Waals surface area (Å²) in [5.41, 5.74) is 1.10. The van der Waals surface area contributed by atoms with E-state index in [1.807, 2.05) is 6.92 Å². The standard InChI is InChI=1S/C20H22N4O6S2/c1-2-3-7-18-22-19(13-14-5-4-6-17(12-14)32(28,29)30)24-20(23-18)21-15-8-10-16(11-9-15)31(25,26)27/h4-6,8-12H,2-3,7,13H2,1H3,(H,25,26,27)(H,28,29,30)(H,21,22,23,24). The van der Waals surface area contributed by atoms with Crippen molar-refractivity contribution < 1.29 is 25.9 Å². The first-order valence-electron chi connectivity index (χ1n) is 9.69. The van der Waals surface area contributed by atoms with Crippen molar-refractivity contribution >= 4 is 31.9 Å². The normalized spacial score (nSPS) is 12.0. The molecule has 0 fully saturated rings. The number of hydrogen-bond donors (Lipinski definition) is 3. The van der Waals surface area contributed by atoms with Gasteiger partial charge in [-0.1, -0.05) is 25.5 Å². The summed E-state index contributed by atoms with van der Waals surface area (Å²) in [5.74, 6) is 1.20. The van der Waals surface area contributed by atoms with E-state index in [4.69, 9.17) is 4.55 Å². The van der Waals surface area contributed by atoms with Gasteiger partial charge in [-0.25, -0.2) is 4.98 Å². The van der Waals surface area contributed by atoms with Crippen molar-refractivity contribution in [1.82, 2.24) is 15.0 Å². The van der Waals surface area contributed by atoms with Crippen molar-refractivity contribution in [2.45, 2.75) is 42.4 Å². The molecule has 3 aromatic rings. The van der Waals surface area contributed by atoms with E-state index in [2.05, 4.69) is 20.3 Å². The number of aromatic nitrogens is 3. The highest BCUT2D eigenvalue weighted by Crippen LogP contribution is 2.19. The zero-order valence-electron chi connectivity index (χ0n) is 17.1. The molecule has 0 unspecified atom stereocenters. The first kappa shape index (κ1) is 23.7. The van der Waals surface area contributed by atoms with E-state index < -0.39 is 20.2 Å². The summed E-state index contributed by atoms with van der Waals surface area (Å²) >= 11 is 0. The van der Waals surface area contributed by atoms with E-state index in [1.54, 1.807) is 6.07 Å². The van der Waals surface area contributed by atoms with Crippen molar-refractivity contribution in [1.29, 1.82) is 0 Å². The predicted octanol–water partition coefficient (Wildman–Crippen LogP) is 3.04. The molecule has 3 rings (SSSR count). The Bertz CT molecular complexity index is 1310. The van der Waals surface area contributed by atoms with Gasteiger partial charge in [-0.2, -0.15) is 26.8 Å². The van der Waals surface area contributed by atoms with Crippen LogP contribution in [0, 0.1) is 0 Å². The maximum Gasteiger partial charge on any atom is 0.294 e. The fourth-order valence-corrected chi connectivity index (χ4v) is 3.92. The molecule has 0 saturated heterocycles. The second-order valence-electron chi connectivity index (χ2n) is 7.02. The minimum absolute atomic E-state index is 0.210. The Morgan fingerprint density at radius 2 is 1.50 bits per heavy atom. The number of benzene rings is 2. The molecule has 1 aromatic heterocycles. The Hall–Kier alpha value is -2.93. The molecule has 0 atom stereocenters. The van der Waals surface area contributed by atoms with Gasteiger partial charge in [-0.05, 0) is 48.4 Å². The number of nitrogens with one attached hydrogen (secondary N) is 1. The summed E-state index contributed by atoms with van der Waals surface area (Å²) < 4.78 is 63.6. The molecule has 0 aliphatic heterocycles. The van der Waals surface area contributed by atoms with Gasteiger partial charge in [0.2, 0.25) is 5.95 Å². The van der Waals surface area contributed by atoms with Gasteiger partial charge in [-0.15, -0.1) is 0 Å². The van der Waals surface area contributed by atoms with Crippen LogP contribution in [0.5, 0.6) is 0 Å². The molecule has 0 aliphatic rings. The third kappa shape index (κ3) is 6.53. The average molecular weight is 479 g/mol.